The maximum Gasteiger partial charge on any atom is 0.333 e. The number of benzene rings is 2. The van der Waals surface area contributed by atoms with E-state index in [9.17, 15) is 18.0 Å². The molecule has 4 aromatic rings. The topological polar surface area (TPSA) is 122 Å². The number of amides is 2. The van der Waals surface area contributed by atoms with Gasteiger partial charge in [0.15, 0.2) is 0 Å². The molecule has 2 aromatic heterocycles. The molecular formula is C24H23N5O4S2. The molecule has 2 amide bonds. The van der Waals surface area contributed by atoms with Crippen molar-refractivity contribution in [3.05, 3.63) is 75.7 Å². The van der Waals surface area contributed by atoms with Crippen LogP contribution in [-0.4, -0.2) is 30.0 Å². The molecule has 0 saturated heterocycles. The summed E-state index contributed by atoms with van der Waals surface area (Å²) in [5, 5.41) is 6.43. The van der Waals surface area contributed by atoms with Gasteiger partial charge in [-0.2, -0.15) is 0 Å². The fourth-order valence-corrected chi connectivity index (χ4v) is 5.92. The van der Waals surface area contributed by atoms with Crippen molar-refractivity contribution in [1.82, 2.24) is 14.3 Å². The summed E-state index contributed by atoms with van der Waals surface area (Å²) in [6.07, 6.45) is 2.31. The van der Waals surface area contributed by atoms with Crippen LogP contribution in [0.4, 0.5) is 16.2 Å². The Morgan fingerprint density at radius 2 is 1.74 bits per heavy atom. The van der Waals surface area contributed by atoms with Crippen LogP contribution in [0.2, 0.25) is 0 Å². The minimum atomic E-state index is -3.95. The van der Waals surface area contributed by atoms with Crippen LogP contribution in [0.25, 0.3) is 16.6 Å². The number of sulfonamides is 1. The maximum absolute atomic E-state index is 13.2. The molecule has 0 atom stereocenters. The van der Waals surface area contributed by atoms with Crippen LogP contribution in [-0.2, 0) is 10.0 Å². The lowest BCUT2D eigenvalue weighted by Gasteiger charge is -2.13. The molecule has 1 aliphatic rings. The molecule has 180 valence electrons. The van der Waals surface area contributed by atoms with Crippen molar-refractivity contribution in [3.8, 4) is 5.69 Å². The van der Waals surface area contributed by atoms with Gasteiger partial charge in [0.2, 0.25) is 0 Å². The van der Waals surface area contributed by atoms with Gasteiger partial charge in [-0.1, -0.05) is 0 Å². The Kier molecular flexibility index (Phi) is 5.81. The number of fused-ring (bicyclic) bond motifs is 1. The minimum absolute atomic E-state index is 0.0644. The Morgan fingerprint density at radius 1 is 1.03 bits per heavy atom. The monoisotopic (exact) mass is 509 g/mol. The summed E-state index contributed by atoms with van der Waals surface area (Å²) in [6.45, 7) is 3.55. The molecule has 3 N–H and O–H groups in total. The third-order valence-electron chi connectivity index (χ3n) is 5.58. The second-order valence-corrected chi connectivity index (χ2v) is 11.6. The zero-order valence-corrected chi connectivity index (χ0v) is 20.7. The van der Waals surface area contributed by atoms with E-state index >= 15 is 0 Å². The van der Waals surface area contributed by atoms with Gasteiger partial charge in [-0.05, 0) is 81.3 Å². The van der Waals surface area contributed by atoms with E-state index in [2.05, 4.69) is 15.6 Å². The first-order valence-corrected chi connectivity index (χ1v) is 13.3. The Bertz CT molecular complexity index is 1600. The van der Waals surface area contributed by atoms with Gasteiger partial charge in [0.25, 0.3) is 15.6 Å². The number of aromatic nitrogens is 2. The van der Waals surface area contributed by atoms with Gasteiger partial charge >= 0.3 is 6.03 Å². The third-order valence-corrected chi connectivity index (χ3v) is 8.40. The number of urea groups is 1. The van der Waals surface area contributed by atoms with Crippen molar-refractivity contribution in [2.45, 2.75) is 36.9 Å². The van der Waals surface area contributed by atoms with Gasteiger partial charge in [-0.15, -0.1) is 11.3 Å². The highest BCUT2D eigenvalue weighted by molar-refractivity contribution is 7.92. The molecule has 1 aliphatic carbocycles. The van der Waals surface area contributed by atoms with E-state index in [0.717, 1.165) is 34.7 Å². The molecular weight excluding hydrogens is 486 g/mol. The molecule has 11 heteroatoms. The molecule has 2 aromatic carbocycles. The fraction of sp³-hybridized carbons (Fsp3) is 0.208. The molecule has 0 aliphatic heterocycles. The Labute approximate surface area is 205 Å². The number of anilines is 2. The van der Waals surface area contributed by atoms with Crippen LogP contribution in [0.3, 0.4) is 0 Å². The number of aryl methyl sites for hydroxylation is 2. The Hall–Kier alpha value is -3.70. The third kappa shape index (κ3) is 4.91. The van der Waals surface area contributed by atoms with E-state index in [-0.39, 0.29) is 9.77 Å². The van der Waals surface area contributed by atoms with Crippen molar-refractivity contribution < 1.29 is 13.2 Å². The summed E-state index contributed by atoms with van der Waals surface area (Å²) in [5.41, 5.74) is 2.34. The standard InChI is InChI=1S/C24H23N5O4S2/c1-14-3-12-22(34-14)35(32,33)28-24(31)27-17-6-9-19(10-7-17)29-15(2)25-21-13-18(26-16-4-5-16)8-11-20(21)23(29)30/h3,6-13,16,26H,4-5H2,1-2H3,(H2,27,28,31). The highest BCUT2D eigenvalue weighted by atomic mass is 32.2. The van der Waals surface area contributed by atoms with Gasteiger partial charge in [-0.25, -0.2) is 22.9 Å². The molecule has 0 spiro atoms. The summed E-state index contributed by atoms with van der Waals surface area (Å²) in [7, 11) is -3.95. The van der Waals surface area contributed by atoms with Crippen LogP contribution in [0.15, 0.2) is 63.6 Å². The van der Waals surface area contributed by atoms with Crippen molar-refractivity contribution in [1.29, 1.82) is 0 Å². The largest absolute Gasteiger partial charge is 0.382 e. The summed E-state index contributed by atoms with van der Waals surface area (Å²) in [5.74, 6) is 0.529. The average Bonchev–Trinajstić information content (AvgIpc) is 3.49. The quantitative estimate of drug-likeness (QED) is 0.359. The number of nitrogens with zero attached hydrogens (tertiary/aromatic N) is 2. The Balaban J connectivity index is 1.34. The zero-order chi connectivity index (χ0) is 24.7. The van der Waals surface area contributed by atoms with Crippen LogP contribution < -0.4 is 20.9 Å². The van der Waals surface area contributed by atoms with Crippen molar-refractivity contribution in [2.24, 2.45) is 0 Å². The average molecular weight is 510 g/mol. The van der Waals surface area contributed by atoms with Gasteiger partial charge in [0, 0.05) is 22.3 Å². The smallest absolute Gasteiger partial charge is 0.333 e. The maximum atomic E-state index is 13.2. The molecule has 35 heavy (non-hydrogen) atoms. The molecule has 1 fully saturated rings. The Morgan fingerprint density at radius 3 is 2.40 bits per heavy atom. The molecule has 2 heterocycles. The van der Waals surface area contributed by atoms with E-state index in [1.54, 1.807) is 50.2 Å². The van der Waals surface area contributed by atoms with Gasteiger partial charge < -0.3 is 10.6 Å². The number of hydrogen-bond donors (Lipinski definition) is 3. The van der Waals surface area contributed by atoms with Crippen LogP contribution in [0, 0.1) is 13.8 Å². The van der Waals surface area contributed by atoms with Gasteiger partial charge in [0.05, 0.1) is 16.6 Å². The van der Waals surface area contributed by atoms with E-state index in [0.29, 0.717) is 34.1 Å². The number of carbonyl (C=O) groups excluding carboxylic acids is 1. The highest BCUT2D eigenvalue weighted by Gasteiger charge is 2.21. The first-order chi connectivity index (χ1) is 16.7. The van der Waals surface area contributed by atoms with Crippen LogP contribution >= 0.6 is 11.3 Å². The predicted octanol–water partition coefficient (Wildman–Crippen LogP) is 4.15. The van der Waals surface area contributed by atoms with E-state index in [1.165, 1.54) is 10.6 Å². The fourth-order valence-electron chi connectivity index (χ4n) is 3.73. The summed E-state index contributed by atoms with van der Waals surface area (Å²) >= 11 is 1.08. The van der Waals surface area contributed by atoms with Crippen LogP contribution in [0.5, 0.6) is 0 Å². The molecule has 9 nitrogen and oxygen atoms in total. The molecule has 5 rings (SSSR count). The predicted molar refractivity (Wildman–Crippen MR) is 137 cm³/mol. The zero-order valence-electron chi connectivity index (χ0n) is 19.0. The first-order valence-electron chi connectivity index (χ1n) is 11.0. The molecule has 1 saturated carbocycles. The normalized spacial score (nSPS) is 13.5. The van der Waals surface area contributed by atoms with Gasteiger partial charge in [-0.3, -0.25) is 9.36 Å². The lowest BCUT2D eigenvalue weighted by molar-refractivity contribution is 0.256. The highest BCUT2D eigenvalue weighted by Crippen LogP contribution is 2.26. The molecule has 0 unspecified atom stereocenters. The van der Waals surface area contributed by atoms with E-state index in [1.807, 2.05) is 16.9 Å². The summed E-state index contributed by atoms with van der Waals surface area (Å²) < 4.78 is 28.2. The SMILES string of the molecule is Cc1ccc(S(=O)(=O)NC(=O)Nc2ccc(-n3c(C)nc4cc(NC5CC5)ccc4c3=O)cc2)s1. The van der Waals surface area contributed by atoms with Crippen LogP contribution in [0.1, 0.15) is 23.5 Å². The van der Waals surface area contributed by atoms with E-state index < -0.39 is 16.1 Å². The number of rotatable bonds is 6. The minimum Gasteiger partial charge on any atom is -0.382 e. The number of hydrogen-bond acceptors (Lipinski definition) is 7. The first kappa shape index (κ1) is 23.1. The van der Waals surface area contributed by atoms with Crippen molar-refractivity contribution in [3.63, 3.8) is 0 Å². The number of nitrogens with one attached hydrogen (secondary N) is 3. The lowest BCUT2D eigenvalue weighted by Crippen LogP contribution is -2.33. The van der Waals surface area contributed by atoms with Crippen molar-refractivity contribution in [2.75, 3.05) is 10.6 Å². The second-order valence-electron chi connectivity index (χ2n) is 8.42. The lowest BCUT2D eigenvalue weighted by atomic mass is 10.2. The molecule has 0 bridgehead atoms. The summed E-state index contributed by atoms with van der Waals surface area (Å²) in [6, 6.07) is 14.8. The van der Waals surface area contributed by atoms with Crippen molar-refractivity contribution >= 4 is 49.7 Å². The molecule has 0 radical (unpaired) electrons. The summed E-state index contributed by atoms with van der Waals surface area (Å²) in [4.78, 5) is 30.9. The van der Waals surface area contributed by atoms with E-state index in [4.69, 9.17) is 0 Å². The number of thiophene rings is 1. The van der Waals surface area contributed by atoms with Gasteiger partial charge in [0.1, 0.15) is 10.0 Å². The second kappa shape index (κ2) is 8.82. The number of carbonyl (C=O) groups is 1.